The Morgan fingerprint density at radius 1 is 0.931 bits per heavy atom. The van der Waals surface area contributed by atoms with Gasteiger partial charge in [0.1, 0.15) is 12.5 Å². The van der Waals surface area contributed by atoms with Crippen molar-refractivity contribution in [3.8, 4) is 17.1 Å². The standard InChI is InChI=1S/C25H28N4/c1-17(2)22-12-20(21-14-26-16-27-15-21)13-23(18(3)4)24(22)29-11-10-28-25(29)19-8-6-5-7-9-19/h5-15,17-18,26H,16H2,1-4H3. The summed E-state index contributed by atoms with van der Waals surface area (Å²) >= 11 is 0. The highest BCUT2D eigenvalue weighted by Crippen LogP contribution is 2.36. The first kappa shape index (κ1) is 19.2. The van der Waals surface area contributed by atoms with Gasteiger partial charge in [-0.25, -0.2) is 4.98 Å². The highest BCUT2D eigenvalue weighted by molar-refractivity contribution is 6.10. The van der Waals surface area contributed by atoms with Crippen molar-refractivity contribution in [2.45, 2.75) is 39.5 Å². The van der Waals surface area contributed by atoms with E-state index in [9.17, 15) is 0 Å². The Balaban J connectivity index is 1.96. The molecular formula is C25H28N4. The van der Waals surface area contributed by atoms with E-state index in [2.05, 4.69) is 91.4 Å². The van der Waals surface area contributed by atoms with Gasteiger partial charge in [0.15, 0.2) is 0 Å². The smallest absolute Gasteiger partial charge is 0.144 e. The molecule has 1 aliphatic heterocycles. The van der Waals surface area contributed by atoms with Crippen LogP contribution in [-0.4, -0.2) is 22.4 Å². The lowest BCUT2D eigenvalue weighted by molar-refractivity contribution is 0.805. The number of benzene rings is 2. The van der Waals surface area contributed by atoms with Crippen molar-refractivity contribution in [2.75, 3.05) is 6.67 Å². The molecule has 1 aliphatic rings. The monoisotopic (exact) mass is 384 g/mol. The zero-order valence-electron chi connectivity index (χ0n) is 17.6. The summed E-state index contributed by atoms with van der Waals surface area (Å²) in [4.78, 5) is 9.09. The fraction of sp³-hybridized carbons (Fsp3) is 0.280. The van der Waals surface area contributed by atoms with Gasteiger partial charge >= 0.3 is 0 Å². The fourth-order valence-electron chi connectivity index (χ4n) is 3.84. The van der Waals surface area contributed by atoms with Crippen LogP contribution >= 0.6 is 0 Å². The maximum absolute atomic E-state index is 4.70. The second-order valence-corrected chi connectivity index (χ2v) is 8.07. The predicted octanol–water partition coefficient (Wildman–Crippen LogP) is 5.76. The molecule has 0 saturated heterocycles. The maximum atomic E-state index is 4.70. The van der Waals surface area contributed by atoms with Gasteiger partial charge in [0.2, 0.25) is 0 Å². The Labute approximate surface area is 173 Å². The molecule has 1 N–H and O–H groups in total. The summed E-state index contributed by atoms with van der Waals surface area (Å²) < 4.78 is 2.26. The van der Waals surface area contributed by atoms with Crippen molar-refractivity contribution in [3.63, 3.8) is 0 Å². The lowest BCUT2D eigenvalue weighted by atomic mass is 9.88. The van der Waals surface area contributed by atoms with Gasteiger partial charge in [-0.3, -0.25) is 9.56 Å². The zero-order chi connectivity index (χ0) is 20.4. The van der Waals surface area contributed by atoms with Crippen molar-refractivity contribution >= 4 is 11.8 Å². The van der Waals surface area contributed by atoms with E-state index in [1.807, 2.05) is 18.5 Å². The van der Waals surface area contributed by atoms with E-state index >= 15 is 0 Å². The number of allylic oxidation sites excluding steroid dienone is 1. The molecule has 0 amide bonds. The van der Waals surface area contributed by atoms with Gasteiger partial charge in [-0.1, -0.05) is 58.0 Å². The topological polar surface area (TPSA) is 42.2 Å². The molecule has 0 aliphatic carbocycles. The summed E-state index contributed by atoms with van der Waals surface area (Å²) in [6.07, 6.45) is 8.00. The van der Waals surface area contributed by atoms with Crippen LogP contribution in [0.2, 0.25) is 0 Å². The molecule has 1 aromatic heterocycles. The van der Waals surface area contributed by atoms with Gasteiger partial charge in [0.05, 0.1) is 5.69 Å². The molecule has 2 heterocycles. The van der Waals surface area contributed by atoms with E-state index in [1.54, 1.807) is 0 Å². The summed E-state index contributed by atoms with van der Waals surface area (Å²) in [5, 5.41) is 3.23. The summed E-state index contributed by atoms with van der Waals surface area (Å²) in [6, 6.07) is 15.0. The van der Waals surface area contributed by atoms with E-state index in [4.69, 9.17) is 4.98 Å². The second-order valence-electron chi connectivity index (χ2n) is 8.07. The zero-order valence-corrected chi connectivity index (χ0v) is 17.6. The van der Waals surface area contributed by atoms with Crippen molar-refractivity contribution in [1.29, 1.82) is 0 Å². The van der Waals surface area contributed by atoms with E-state index in [0.717, 1.165) is 17.0 Å². The Hall–Kier alpha value is -3.14. The van der Waals surface area contributed by atoms with Gasteiger partial charge in [-0.2, -0.15) is 0 Å². The number of aliphatic imine (C=N–C) groups is 1. The number of rotatable bonds is 5. The summed E-state index contributed by atoms with van der Waals surface area (Å²) in [6.45, 7) is 9.67. The predicted molar refractivity (Wildman–Crippen MR) is 122 cm³/mol. The number of nitrogens with zero attached hydrogens (tertiary/aromatic N) is 3. The highest BCUT2D eigenvalue weighted by Gasteiger charge is 2.21. The Kier molecular flexibility index (Phi) is 5.34. The van der Waals surface area contributed by atoms with Crippen LogP contribution < -0.4 is 5.32 Å². The third-order valence-corrected chi connectivity index (χ3v) is 5.33. The van der Waals surface area contributed by atoms with Crippen LogP contribution in [0, 0.1) is 0 Å². The van der Waals surface area contributed by atoms with E-state index in [1.165, 1.54) is 22.4 Å². The summed E-state index contributed by atoms with van der Waals surface area (Å²) in [5.74, 6) is 1.73. The Morgan fingerprint density at radius 2 is 1.62 bits per heavy atom. The largest absolute Gasteiger partial charge is 0.372 e. The highest BCUT2D eigenvalue weighted by atomic mass is 15.1. The molecule has 4 nitrogen and oxygen atoms in total. The first-order chi connectivity index (χ1) is 14.1. The minimum atomic E-state index is 0.377. The lowest BCUT2D eigenvalue weighted by Crippen LogP contribution is -2.13. The molecular weight excluding hydrogens is 356 g/mol. The fourth-order valence-corrected chi connectivity index (χ4v) is 3.84. The Bertz CT molecular complexity index is 1030. The van der Waals surface area contributed by atoms with Gasteiger partial charge in [-0.05, 0) is 40.7 Å². The summed E-state index contributed by atoms with van der Waals surface area (Å²) in [5.41, 5.74) is 7.34. The SMILES string of the molecule is CC(C)c1cc(C2=CNCN=C2)cc(C(C)C)c1-n1ccnc1-c1ccccc1. The molecule has 0 spiro atoms. The van der Waals surface area contributed by atoms with Crippen molar-refractivity contribution in [2.24, 2.45) is 4.99 Å². The number of hydrogen-bond donors (Lipinski definition) is 1. The minimum Gasteiger partial charge on any atom is -0.372 e. The molecule has 0 saturated carbocycles. The van der Waals surface area contributed by atoms with Gasteiger partial charge in [-0.15, -0.1) is 0 Å². The molecule has 0 radical (unpaired) electrons. The average Bonchev–Trinajstić information content (AvgIpc) is 3.23. The van der Waals surface area contributed by atoms with Gasteiger partial charge < -0.3 is 5.32 Å². The third-order valence-electron chi connectivity index (χ3n) is 5.33. The van der Waals surface area contributed by atoms with E-state index in [0.29, 0.717) is 18.5 Å². The molecule has 29 heavy (non-hydrogen) atoms. The van der Waals surface area contributed by atoms with Gasteiger partial charge in [0.25, 0.3) is 0 Å². The third kappa shape index (κ3) is 3.75. The summed E-state index contributed by atoms with van der Waals surface area (Å²) in [7, 11) is 0. The first-order valence-electron chi connectivity index (χ1n) is 10.3. The molecule has 4 rings (SSSR count). The average molecular weight is 385 g/mol. The van der Waals surface area contributed by atoms with Crippen LogP contribution in [0.15, 0.2) is 66.1 Å². The van der Waals surface area contributed by atoms with Crippen molar-refractivity contribution in [1.82, 2.24) is 14.9 Å². The number of hydrogen-bond acceptors (Lipinski definition) is 3. The van der Waals surface area contributed by atoms with E-state index in [-0.39, 0.29) is 0 Å². The molecule has 4 heteroatoms. The maximum Gasteiger partial charge on any atom is 0.144 e. The first-order valence-corrected chi connectivity index (χ1v) is 10.3. The quantitative estimate of drug-likeness (QED) is 0.608. The number of nitrogens with one attached hydrogen (secondary N) is 1. The molecule has 0 unspecified atom stereocenters. The molecule has 0 atom stereocenters. The molecule has 0 fully saturated rings. The van der Waals surface area contributed by atoms with Crippen LogP contribution in [0.1, 0.15) is 56.2 Å². The van der Waals surface area contributed by atoms with Crippen LogP contribution in [0.5, 0.6) is 0 Å². The van der Waals surface area contributed by atoms with Crippen LogP contribution in [0.25, 0.3) is 22.6 Å². The molecule has 148 valence electrons. The molecule has 0 bridgehead atoms. The second kappa shape index (κ2) is 8.08. The van der Waals surface area contributed by atoms with Crippen LogP contribution in [0.4, 0.5) is 0 Å². The van der Waals surface area contributed by atoms with Gasteiger partial charge in [0, 0.05) is 35.9 Å². The van der Waals surface area contributed by atoms with Crippen molar-refractivity contribution < 1.29 is 0 Å². The minimum absolute atomic E-state index is 0.377. The lowest BCUT2D eigenvalue weighted by Gasteiger charge is -2.24. The number of aromatic nitrogens is 2. The van der Waals surface area contributed by atoms with Crippen LogP contribution in [-0.2, 0) is 0 Å². The van der Waals surface area contributed by atoms with E-state index < -0.39 is 0 Å². The molecule has 3 aromatic rings. The van der Waals surface area contributed by atoms with Crippen molar-refractivity contribution in [3.05, 3.63) is 77.7 Å². The Morgan fingerprint density at radius 3 is 2.21 bits per heavy atom. The number of imidazole rings is 1. The normalized spacial score (nSPS) is 13.7. The van der Waals surface area contributed by atoms with Crippen LogP contribution in [0.3, 0.4) is 0 Å². The molecule has 2 aromatic carbocycles.